The molecule has 0 heterocycles. The van der Waals surface area contributed by atoms with Crippen molar-refractivity contribution in [1.82, 2.24) is 0 Å². The number of carbonyl (C=O) groups is 1. The molecule has 2 rings (SSSR count). The van der Waals surface area contributed by atoms with Crippen molar-refractivity contribution in [1.29, 1.82) is 0 Å². The van der Waals surface area contributed by atoms with Gasteiger partial charge in [0.25, 0.3) is 0 Å². The lowest BCUT2D eigenvalue weighted by atomic mass is 9.77. The summed E-state index contributed by atoms with van der Waals surface area (Å²) in [5.74, 6) is 0.215. The zero-order chi connectivity index (χ0) is 13.2. The zero-order valence-corrected chi connectivity index (χ0v) is 11.5. The Balaban J connectivity index is 2.10. The Bertz CT molecular complexity index is 424. The summed E-state index contributed by atoms with van der Waals surface area (Å²) in [6, 6.07) is 6.32. The number of rotatable bonds is 3. The van der Waals surface area contributed by atoms with Crippen LogP contribution < -0.4 is 5.73 Å². The van der Waals surface area contributed by atoms with Gasteiger partial charge in [-0.05, 0) is 32.3 Å². The van der Waals surface area contributed by atoms with Crippen LogP contribution in [0.3, 0.4) is 0 Å². The Hall–Kier alpha value is -1.15. The van der Waals surface area contributed by atoms with Gasteiger partial charge >= 0.3 is 0 Å². The van der Waals surface area contributed by atoms with Crippen molar-refractivity contribution in [2.75, 3.05) is 0 Å². The lowest BCUT2D eigenvalue weighted by Gasteiger charge is -2.32. The quantitative estimate of drug-likeness (QED) is 0.889. The molecule has 1 aliphatic carbocycles. The van der Waals surface area contributed by atoms with E-state index in [1.807, 2.05) is 0 Å². The first-order chi connectivity index (χ1) is 8.49. The van der Waals surface area contributed by atoms with Crippen molar-refractivity contribution in [3.8, 4) is 0 Å². The fourth-order valence-corrected chi connectivity index (χ4v) is 2.99. The van der Waals surface area contributed by atoms with Gasteiger partial charge in [0.15, 0.2) is 5.78 Å². The molecule has 1 saturated carbocycles. The minimum absolute atomic E-state index is 0.215. The van der Waals surface area contributed by atoms with Gasteiger partial charge in [0.1, 0.15) is 0 Å². The first kappa shape index (κ1) is 13.3. The molecule has 18 heavy (non-hydrogen) atoms. The van der Waals surface area contributed by atoms with Gasteiger partial charge in [-0.25, -0.2) is 0 Å². The molecular formula is C16H23NO. The summed E-state index contributed by atoms with van der Waals surface area (Å²) in [5, 5.41) is 0. The molecule has 0 radical (unpaired) electrons. The van der Waals surface area contributed by atoms with Gasteiger partial charge in [-0.1, -0.05) is 48.6 Å². The van der Waals surface area contributed by atoms with Crippen LogP contribution in [0.2, 0.25) is 0 Å². The lowest BCUT2D eigenvalue weighted by Crippen LogP contribution is -2.50. The van der Waals surface area contributed by atoms with Gasteiger partial charge < -0.3 is 5.73 Å². The van der Waals surface area contributed by atoms with E-state index in [1.54, 1.807) is 0 Å². The van der Waals surface area contributed by atoms with E-state index in [4.69, 9.17) is 5.73 Å². The maximum atomic E-state index is 12.4. The van der Waals surface area contributed by atoms with Crippen molar-refractivity contribution in [2.24, 2.45) is 5.73 Å². The van der Waals surface area contributed by atoms with Crippen molar-refractivity contribution in [3.05, 3.63) is 34.9 Å². The van der Waals surface area contributed by atoms with Crippen molar-refractivity contribution in [3.63, 3.8) is 0 Å². The Morgan fingerprint density at radius 2 is 1.67 bits per heavy atom. The molecular weight excluding hydrogens is 222 g/mol. The minimum atomic E-state index is -0.560. The smallest absolute Gasteiger partial charge is 0.156 e. The highest BCUT2D eigenvalue weighted by Gasteiger charge is 2.34. The van der Waals surface area contributed by atoms with Gasteiger partial charge in [-0.2, -0.15) is 0 Å². The highest BCUT2D eigenvalue weighted by molar-refractivity contribution is 5.90. The van der Waals surface area contributed by atoms with Gasteiger partial charge in [0.2, 0.25) is 0 Å². The van der Waals surface area contributed by atoms with Gasteiger partial charge in [0.05, 0.1) is 5.54 Å². The highest BCUT2D eigenvalue weighted by atomic mass is 16.1. The molecule has 1 aliphatic rings. The van der Waals surface area contributed by atoms with Gasteiger partial charge in [-0.3, -0.25) is 4.79 Å². The molecule has 2 nitrogen and oxygen atoms in total. The number of benzene rings is 1. The van der Waals surface area contributed by atoms with Crippen LogP contribution in [-0.2, 0) is 11.2 Å². The van der Waals surface area contributed by atoms with E-state index in [9.17, 15) is 4.79 Å². The first-order valence-electron chi connectivity index (χ1n) is 6.89. The second-order valence-corrected chi connectivity index (χ2v) is 5.81. The monoisotopic (exact) mass is 245 g/mol. The lowest BCUT2D eigenvalue weighted by molar-refractivity contribution is -0.124. The Morgan fingerprint density at radius 1 is 1.11 bits per heavy atom. The van der Waals surface area contributed by atoms with Crippen LogP contribution in [0.15, 0.2) is 18.2 Å². The van der Waals surface area contributed by atoms with E-state index in [-0.39, 0.29) is 5.78 Å². The third-order valence-electron chi connectivity index (χ3n) is 3.95. The van der Waals surface area contributed by atoms with E-state index < -0.39 is 5.54 Å². The number of ketones is 1. The summed E-state index contributed by atoms with van der Waals surface area (Å²) < 4.78 is 0. The summed E-state index contributed by atoms with van der Waals surface area (Å²) >= 11 is 0. The van der Waals surface area contributed by atoms with Crippen LogP contribution in [0.4, 0.5) is 0 Å². The van der Waals surface area contributed by atoms with E-state index in [2.05, 4.69) is 32.0 Å². The molecule has 1 aromatic carbocycles. The van der Waals surface area contributed by atoms with Crippen LogP contribution in [0.5, 0.6) is 0 Å². The summed E-state index contributed by atoms with van der Waals surface area (Å²) in [5.41, 5.74) is 9.25. The molecule has 1 aromatic rings. The second kappa shape index (κ2) is 5.23. The summed E-state index contributed by atoms with van der Waals surface area (Å²) in [6.45, 7) is 4.14. The van der Waals surface area contributed by atoms with Crippen LogP contribution in [0.25, 0.3) is 0 Å². The second-order valence-electron chi connectivity index (χ2n) is 5.81. The van der Waals surface area contributed by atoms with E-state index in [0.717, 1.165) is 31.2 Å². The third-order valence-corrected chi connectivity index (χ3v) is 3.95. The van der Waals surface area contributed by atoms with Gasteiger partial charge in [-0.15, -0.1) is 0 Å². The first-order valence-corrected chi connectivity index (χ1v) is 6.89. The molecule has 0 bridgehead atoms. The fraction of sp³-hybridized carbons (Fsp3) is 0.562. The third kappa shape index (κ3) is 2.99. The minimum Gasteiger partial charge on any atom is -0.319 e. The molecule has 0 aliphatic heterocycles. The summed E-state index contributed by atoms with van der Waals surface area (Å²) in [6.07, 6.45) is 5.60. The Labute approximate surface area is 110 Å². The predicted octanol–water partition coefficient (Wildman–Crippen LogP) is 3.08. The molecule has 0 atom stereocenters. The maximum Gasteiger partial charge on any atom is 0.156 e. The van der Waals surface area contributed by atoms with Crippen molar-refractivity contribution < 1.29 is 4.79 Å². The fourth-order valence-electron chi connectivity index (χ4n) is 2.99. The Kier molecular flexibility index (Phi) is 3.86. The van der Waals surface area contributed by atoms with Crippen LogP contribution in [-0.4, -0.2) is 11.3 Å². The topological polar surface area (TPSA) is 43.1 Å². The van der Waals surface area contributed by atoms with Crippen molar-refractivity contribution >= 4 is 5.78 Å². The normalized spacial score (nSPS) is 18.6. The van der Waals surface area contributed by atoms with Crippen LogP contribution >= 0.6 is 0 Å². The number of nitrogens with two attached hydrogens (primary N) is 1. The number of aryl methyl sites for hydroxylation is 2. The average Bonchev–Trinajstić information content (AvgIpc) is 2.28. The predicted molar refractivity (Wildman–Crippen MR) is 74.6 cm³/mol. The van der Waals surface area contributed by atoms with Gasteiger partial charge in [0, 0.05) is 6.42 Å². The Morgan fingerprint density at radius 3 is 2.22 bits per heavy atom. The molecule has 98 valence electrons. The van der Waals surface area contributed by atoms with Crippen LogP contribution in [0.1, 0.15) is 48.8 Å². The zero-order valence-electron chi connectivity index (χ0n) is 11.5. The summed E-state index contributed by atoms with van der Waals surface area (Å²) in [4.78, 5) is 12.4. The highest BCUT2D eigenvalue weighted by Crippen LogP contribution is 2.28. The van der Waals surface area contributed by atoms with E-state index >= 15 is 0 Å². The molecule has 2 N–H and O–H groups in total. The summed E-state index contributed by atoms with van der Waals surface area (Å²) in [7, 11) is 0. The largest absolute Gasteiger partial charge is 0.319 e. The molecule has 0 unspecified atom stereocenters. The molecule has 0 spiro atoms. The standard InChI is InChI=1S/C16H23NO/c1-12-8-13(2)10-14(9-12)11-15(18)16(17)6-4-3-5-7-16/h8-10H,3-7,11,17H2,1-2H3. The molecule has 1 fully saturated rings. The van der Waals surface area contributed by atoms with E-state index in [1.165, 1.54) is 17.5 Å². The molecule has 0 amide bonds. The molecule has 0 aromatic heterocycles. The van der Waals surface area contributed by atoms with Crippen molar-refractivity contribution in [2.45, 2.75) is 57.9 Å². The number of carbonyl (C=O) groups excluding carboxylic acids is 1. The average molecular weight is 245 g/mol. The molecule has 0 saturated heterocycles. The van der Waals surface area contributed by atoms with Crippen LogP contribution in [0, 0.1) is 13.8 Å². The molecule has 2 heteroatoms. The number of Topliss-reactive ketones (excluding diaryl/α,β-unsaturated/α-hetero) is 1. The number of hydrogen-bond donors (Lipinski definition) is 1. The SMILES string of the molecule is Cc1cc(C)cc(CC(=O)C2(N)CCCCC2)c1. The number of hydrogen-bond acceptors (Lipinski definition) is 2. The van der Waals surface area contributed by atoms with E-state index in [0.29, 0.717) is 6.42 Å². The maximum absolute atomic E-state index is 12.4.